The van der Waals surface area contributed by atoms with Gasteiger partial charge in [0, 0.05) is 31.2 Å². The Bertz CT molecular complexity index is 341. The Morgan fingerprint density at radius 2 is 2.12 bits per heavy atom. The Morgan fingerprint density at radius 3 is 2.62 bits per heavy atom. The van der Waals surface area contributed by atoms with E-state index in [9.17, 15) is 0 Å². The zero-order valence-electron chi connectivity index (χ0n) is 10.5. The van der Waals surface area contributed by atoms with Gasteiger partial charge in [0.1, 0.15) is 0 Å². The first-order valence-corrected chi connectivity index (χ1v) is 6.59. The third-order valence-electron chi connectivity index (χ3n) is 2.86. The summed E-state index contributed by atoms with van der Waals surface area (Å²) in [6.45, 7) is 5.06. The number of rotatable bonds is 5. The first kappa shape index (κ1) is 13.5. The quantitative estimate of drug-likeness (QED) is 0.770. The number of anilines is 1. The van der Waals surface area contributed by atoms with Crippen molar-refractivity contribution in [2.24, 2.45) is 0 Å². The summed E-state index contributed by atoms with van der Waals surface area (Å²) in [5.41, 5.74) is 3.89. The van der Waals surface area contributed by atoms with Crippen LogP contribution in [-0.4, -0.2) is 26.8 Å². The molecule has 0 amide bonds. The Hall–Kier alpha value is -0.540. The van der Waals surface area contributed by atoms with Crippen molar-refractivity contribution in [1.82, 2.24) is 0 Å². The molecule has 0 radical (unpaired) electrons. The summed E-state index contributed by atoms with van der Waals surface area (Å²) in [6.07, 6.45) is 0. The van der Waals surface area contributed by atoms with Crippen LogP contribution in [0, 0.1) is 6.92 Å². The normalized spacial score (nSPS) is 12.6. The van der Waals surface area contributed by atoms with Gasteiger partial charge in [-0.15, -0.1) is 0 Å². The minimum Gasteiger partial charge on any atom is -0.383 e. The van der Waals surface area contributed by atoms with Crippen LogP contribution in [0.4, 0.5) is 5.69 Å². The maximum Gasteiger partial charge on any atom is 0.0663 e. The van der Waals surface area contributed by atoms with Crippen LogP contribution in [0.2, 0.25) is 0 Å². The fraction of sp³-hybridized carbons (Fsp3) is 0.538. The monoisotopic (exact) mass is 285 g/mol. The summed E-state index contributed by atoms with van der Waals surface area (Å²) in [6, 6.07) is 6.95. The standard InChI is InChI=1S/C13H20BrNO/c1-10-7-12(8-14)5-6-13(10)15(3)11(2)9-16-4/h5-7,11H,8-9H2,1-4H3. The molecule has 90 valence electrons. The molecule has 16 heavy (non-hydrogen) atoms. The van der Waals surface area contributed by atoms with E-state index in [2.05, 4.69) is 59.9 Å². The van der Waals surface area contributed by atoms with Crippen LogP contribution in [0.3, 0.4) is 0 Å². The summed E-state index contributed by atoms with van der Waals surface area (Å²) in [4.78, 5) is 2.26. The fourth-order valence-electron chi connectivity index (χ4n) is 1.79. The maximum absolute atomic E-state index is 5.18. The van der Waals surface area contributed by atoms with Crippen molar-refractivity contribution in [2.75, 3.05) is 25.7 Å². The molecule has 0 saturated heterocycles. The Morgan fingerprint density at radius 1 is 1.44 bits per heavy atom. The number of nitrogens with zero attached hydrogens (tertiary/aromatic N) is 1. The molecule has 0 fully saturated rings. The van der Waals surface area contributed by atoms with Crippen molar-refractivity contribution in [3.8, 4) is 0 Å². The van der Waals surface area contributed by atoms with E-state index in [1.165, 1.54) is 16.8 Å². The largest absolute Gasteiger partial charge is 0.383 e. The van der Waals surface area contributed by atoms with Crippen molar-refractivity contribution in [3.63, 3.8) is 0 Å². The first-order valence-electron chi connectivity index (χ1n) is 5.47. The molecule has 0 saturated carbocycles. The highest BCUT2D eigenvalue weighted by atomic mass is 79.9. The van der Waals surface area contributed by atoms with Gasteiger partial charge < -0.3 is 9.64 Å². The van der Waals surface area contributed by atoms with E-state index in [1.807, 2.05) is 0 Å². The van der Waals surface area contributed by atoms with Gasteiger partial charge in [-0.3, -0.25) is 0 Å². The molecule has 0 aliphatic heterocycles. The molecule has 0 aromatic heterocycles. The number of ether oxygens (including phenoxy) is 1. The molecule has 0 spiro atoms. The summed E-state index contributed by atoms with van der Waals surface area (Å²) in [5, 5.41) is 0.908. The summed E-state index contributed by atoms with van der Waals surface area (Å²) in [5.74, 6) is 0. The minimum absolute atomic E-state index is 0.388. The minimum atomic E-state index is 0.388. The van der Waals surface area contributed by atoms with Crippen LogP contribution in [-0.2, 0) is 10.1 Å². The highest BCUT2D eigenvalue weighted by Crippen LogP contribution is 2.22. The van der Waals surface area contributed by atoms with Gasteiger partial charge in [-0.05, 0) is 31.0 Å². The lowest BCUT2D eigenvalue weighted by atomic mass is 10.1. The van der Waals surface area contributed by atoms with Crippen LogP contribution in [0.25, 0.3) is 0 Å². The van der Waals surface area contributed by atoms with E-state index in [-0.39, 0.29) is 0 Å². The van der Waals surface area contributed by atoms with Gasteiger partial charge in [-0.2, -0.15) is 0 Å². The molecule has 0 N–H and O–H groups in total. The van der Waals surface area contributed by atoms with Crippen LogP contribution in [0.1, 0.15) is 18.1 Å². The van der Waals surface area contributed by atoms with Crippen molar-refractivity contribution >= 4 is 21.6 Å². The Labute approximate surface area is 107 Å². The average molecular weight is 286 g/mol. The third-order valence-corrected chi connectivity index (χ3v) is 3.51. The van der Waals surface area contributed by atoms with Gasteiger partial charge in [0.2, 0.25) is 0 Å². The first-order chi connectivity index (χ1) is 7.60. The molecule has 1 aromatic carbocycles. The zero-order valence-corrected chi connectivity index (χ0v) is 12.0. The van der Waals surface area contributed by atoms with Gasteiger partial charge in [-0.1, -0.05) is 28.1 Å². The van der Waals surface area contributed by atoms with Gasteiger partial charge in [0.05, 0.1) is 6.61 Å². The number of halogens is 1. The summed E-state index contributed by atoms with van der Waals surface area (Å²) >= 11 is 3.47. The van der Waals surface area contributed by atoms with Gasteiger partial charge in [0.25, 0.3) is 0 Å². The number of methoxy groups -OCH3 is 1. The number of aryl methyl sites for hydroxylation is 1. The molecule has 0 bridgehead atoms. The van der Waals surface area contributed by atoms with Crippen molar-refractivity contribution < 1.29 is 4.74 Å². The fourth-order valence-corrected chi connectivity index (χ4v) is 2.14. The topological polar surface area (TPSA) is 12.5 Å². The zero-order chi connectivity index (χ0) is 12.1. The average Bonchev–Trinajstić information content (AvgIpc) is 2.28. The van der Waals surface area contributed by atoms with Crippen molar-refractivity contribution in [1.29, 1.82) is 0 Å². The van der Waals surface area contributed by atoms with E-state index >= 15 is 0 Å². The van der Waals surface area contributed by atoms with E-state index in [0.717, 1.165) is 11.9 Å². The number of hydrogen-bond donors (Lipinski definition) is 0. The van der Waals surface area contributed by atoms with Crippen molar-refractivity contribution in [3.05, 3.63) is 29.3 Å². The van der Waals surface area contributed by atoms with Crippen LogP contribution in [0.15, 0.2) is 18.2 Å². The Kier molecular flexibility index (Phi) is 5.29. The van der Waals surface area contributed by atoms with E-state index < -0.39 is 0 Å². The molecule has 2 nitrogen and oxygen atoms in total. The Balaban J connectivity index is 2.87. The van der Waals surface area contributed by atoms with E-state index in [1.54, 1.807) is 7.11 Å². The summed E-state index contributed by atoms with van der Waals surface area (Å²) in [7, 11) is 3.85. The highest BCUT2D eigenvalue weighted by molar-refractivity contribution is 9.08. The smallest absolute Gasteiger partial charge is 0.0663 e. The van der Waals surface area contributed by atoms with Gasteiger partial charge in [-0.25, -0.2) is 0 Å². The molecule has 0 heterocycles. The van der Waals surface area contributed by atoms with Crippen LogP contribution < -0.4 is 4.90 Å². The van der Waals surface area contributed by atoms with Crippen LogP contribution >= 0.6 is 15.9 Å². The second-order valence-corrected chi connectivity index (χ2v) is 4.73. The molecule has 1 aromatic rings. The SMILES string of the molecule is COCC(C)N(C)c1ccc(CBr)cc1C. The van der Waals surface area contributed by atoms with E-state index in [0.29, 0.717) is 6.04 Å². The highest BCUT2D eigenvalue weighted by Gasteiger charge is 2.11. The predicted octanol–water partition coefficient (Wildman–Crippen LogP) is 3.36. The lowest BCUT2D eigenvalue weighted by molar-refractivity contribution is 0.183. The number of benzene rings is 1. The molecular weight excluding hydrogens is 266 g/mol. The predicted molar refractivity (Wildman–Crippen MR) is 73.6 cm³/mol. The molecular formula is C13H20BrNO. The maximum atomic E-state index is 5.18. The molecule has 1 atom stereocenters. The number of likely N-dealkylation sites (N-methyl/N-ethyl adjacent to an activating group) is 1. The van der Waals surface area contributed by atoms with Crippen LogP contribution in [0.5, 0.6) is 0 Å². The molecule has 1 unspecified atom stereocenters. The second-order valence-electron chi connectivity index (χ2n) is 4.17. The molecule has 1 rings (SSSR count). The lowest BCUT2D eigenvalue weighted by Gasteiger charge is -2.28. The second kappa shape index (κ2) is 6.26. The number of alkyl halides is 1. The van der Waals surface area contributed by atoms with E-state index in [4.69, 9.17) is 4.74 Å². The van der Waals surface area contributed by atoms with Crippen molar-refractivity contribution in [2.45, 2.75) is 25.2 Å². The van der Waals surface area contributed by atoms with Gasteiger partial charge in [0.15, 0.2) is 0 Å². The lowest BCUT2D eigenvalue weighted by Crippen LogP contribution is -2.33. The summed E-state index contributed by atoms with van der Waals surface area (Å²) < 4.78 is 5.18. The third kappa shape index (κ3) is 3.22. The number of hydrogen-bond acceptors (Lipinski definition) is 2. The van der Waals surface area contributed by atoms with Gasteiger partial charge >= 0.3 is 0 Å². The molecule has 0 aliphatic carbocycles. The molecule has 3 heteroatoms. The molecule has 0 aliphatic rings.